The van der Waals surface area contributed by atoms with Crippen LogP contribution >= 0.6 is 0 Å². The summed E-state index contributed by atoms with van der Waals surface area (Å²) in [7, 11) is 0. The molecule has 0 spiro atoms. The summed E-state index contributed by atoms with van der Waals surface area (Å²) >= 11 is 0. The molecule has 0 heterocycles. The number of hydroxylamine groups is 1. The molecule has 18 heavy (non-hydrogen) atoms. The van der Waals surface area contributed by atoms with Gasteiger partial charge in [-0.25, -0.2) is 9.87 Å². The molecule has 0 radical (unpaired) electrons. The molecule has 3 N–H and O–H groups in total. The summed E-state index contributed by atoms with van der Waals surface area (Å²) in [5, 5.41) is 10.3. The Labute approximate surface area is 99.6 Å². The summed E-state index contributed by atoms with van der Waals surface area (Å²) in [5.74, 6) is -2.88. The van der Waals surface area contributed by atoms with Gasteiger partial charge in [-0.3, -0.25) is 24.5 Å². The molecule has 0 atom stereocenters. The highest BCUT2D eigenvalue weighted by atomic mass is 19.1. The van der Waals surface area contributed by atoms with Crippen molar-refractivity contribution < 1.29 is 23.7 Å². The third-order valence-electron chi connectivity index (χ3n) is 1.79. The normalized spacial score (nSPS) is 9.83. The second-order valence-electron chi connectivity index (χ2n) is 3.11. The summed E-state index contributed by atoms with van der Waals surface area (Å²) in [4.78, 5) is 35.5. The van der Waals surface area contributed by atoms with Crippen LogP contribution in [0.3, 0.4) is 0 Å². The van der Waals surface area contributed by atoms with Crippen LogP contribution in [-0.4, -0.2) is 23.3 Å². The summed E-state index contributed by atoms with van der Waals surface area (Å²) in [6.07, 6.45) is 0. The molecule has 0 bridgehead atoms. The maximum Gasteiger partial charge on any atom is 0.277 e. The standard InChI is InChI=1S/C9H8FN3O5/c10-7-3-5(13(16)17)1-2-6(7)9(15)12-18-4-8(11)14/h1-3H,4H2,(H2,11,14)(H,12,15). The van der Waals surface area contributed by atoms with Gasteiger partial charge in [0.2, 0.25) is 5.91 Å². The number of nitrogens with two attached hydrogens (primary N) is 1. The number of non-ortho nitro benzene ring substituents is 1. The number of carbonyl (C=O) groups is 2. The fourth-order valence-corrected chi connectivity index (χ4v) is 1.03. The number of rotatable bonds is 5. The first-order chi connectivity index (χ1) is 8.41. The number of nitrogens with zero attached hydrogens (tertiary/aromatic N) is 1. The Morgan fingerprint density at radius 1 is 1.50 bits per heavy atom. The van der Waals surface area contributed by atoms with Gasteiger partial charge in [0, 0.05) is 6.07 Å². The van der Waals surface area contributed by atoms with Gasteiger partial charge in [-0.05, 0) is 6.07 Å². The van der Waals surface area contributed by atoms with Crippen LogP contribution in [0.25, 0.3) is 0 Å². The molecule has 9 heteroatoms. The first-order valence-corrected chi connectivity index (χ1v) is 4.56. The molecule has 0 saturated heterocycles. The zero-order chi connectivity index (χ0) is 13.7. The minimum Gasteiger partial charge on any atom is -0.368 e. The molecule has 1 rings (SSSR count). The predicted molar refractivity (Wildman–Crippen MR) is 55.7 cm³/mol. The van der Waals surface area contributed by atoms with E-state index >= 15 is 0 Å². The van der Waals surface area contributed by atoms with E-state index in [-0.39, 0.29) is 0 Å². The SMILES string of the molecule is NC(=O)CONC(=O)c1ccc([N+](=O)[O-])cc1F. The molecule has 1 aromatic carbocycles. The Morgan fingerprint density at radius 3 is 2.67 bits per heavy atom. The Hall–Kier alpha value is -2.55. The highest BCUT2D eigenvalue weighted by Gasteiger charge is 2.16. The van der Waals surface area contributed by atoms with Gasteiger partial charge >= 0.3 is 0 Å². The van der Waals surface area contributed by atoms with E-state index < -0.39 is 40.4 Å². The topological polar surface area (TPSA) is 125 Å². The van der Waals surface area contributed by atoms with Crippen LogP contribution in [0.5, 0.6) is 0 Å². The number of hydrogen-bond acceptors (Lipinski definition) is 5. The van der Waals surface area contributed by atoms with Gasteiger partial charge in [0.1, 0.15) is 5.82 Å². The van der Waals surface area contributed by atoms with Gasteiger partial charge in [-0.2, -0.15) is 0 Å². The van der Waals surface area contributed by atoms with E-state index in [9.17, 15) is 24.1 Å². The predicted octanol–water partition coefficient (Wildman–Crippen LogP) is -0.119. The lowest BCUT2D eigenvalue weighted by molar-refractivity contribution is -0.385. The molecule has 0 saturated carbocycles. The highest BCUT2D eigenvalue weighted by molar-refractivity contribution is 5.94. The van der Waals surface area contributed by atoms with Crippen molar-refractivity contribution in [1.29, 1.82) is 0 Å². The molecule has 0 aromatic heterocycles. The summed E-state index contributed by atoms with van der Waals surface area (Å²) in [6.45, 7) is -0.569. The molecule has 0 aliphatic heterocycles. The Balaban J connectivity index is 2.74. The number of amides is 2. The van der Waals surface area contributed by atoms with Crippen molar-refractivity contribution in [2.45, 2.75) is 0 Å². The van der Waals surface area contributed by atoms with Crippen molar-refractivity contribution in [1.82, 2.24) is 5.48 Å². The van der Waals surface area contributed by atoms with E-state index in [1.54, 1.807) is 5.48 Å². The number of hydrogen-bond donors (Lipinski definition) is 2. The van der Waals surface area contributed by atoms with E-state index in [0.29, 0.717) is 6.07 Å². The van der Waals surface area contributed by atoms with Gasteiger partial charge in [0.05, 0.1) is 16.6 Å². The number of nitro groups is 1. The van der Waals surface area contributed by atoms with Gasteiger partial charge < -0.3 is 5.73 Å². The molecule has 0 unspecified atom stereocenters. The molecule has 1 aromatic rings. The Bertz CT molecular complexity index is 505. The second kappa shape index (κ2) is 5.68. The van der Waals surface area contributed by atoms with Crippen molar-refractivity contribution in [3.05, 3.63) is 39.7 Å². The molecule has 0 fully saturated rings. The quantitative estimate of drug-likeness (QED) is 0.562. The number of carbonyl (C=O) groups excluding carboxylic acids is 2. The number of nitro benzene ring substituents is 1. The summed E-state index contributed by atoms with van der Waals surface area (Å²) < 4.78 is 13.3. The first-order valence-electron chi connectivity index (χ1n) is 4.56. The van der Waals surface area contributed by atoms with Crippen molar-refractivity contribution in [3.8, 4) is 0 Å². The van der Waals surface area contributed by atoms with Crippen LogP contribution in [0.4, 0.5) is 10.1 Å². The fourth-order valence-electron chi connectivity index (χ4n) is 1.03. The molecular formula is C9H8FN3O5. The van der Waals surface area contributed by atoms with E-state index in [1.807, 2.05) is 0 Å². The van der Waals surface area contributed by atoms with Gasteiger partial charge in [-0.15, -0.1) is 0 Å². The molecule has 2 amide bonds. The van der Waals surface area contributed by atoms with E-state index in [4.69, 9.17) is 5.73 Å². The average Bonchev–Trinajstić information content (AvgIpc) is 2.27. The highest BCUT2D eigenvalue weighted by Crippen LogP contribution is 2.16. The van der Waals surface area contributed by atoms with Crippen LogP contribution in [-0.2, 0) is 9.63 Å². The third kappa shape index (κ3) is 3.49. The van der Waals surface area contributed by atoms with Crippen LogP contribution in [0.15, 0.2) is 18.2 Å². The van der Waals surface area contributed by atoms with Crippen LogP contribution in [0.2, 0.25) is 0 Å². The number of nitrogens with one attached hydrogen (secondary N) is 1. The van der Waals surface area contributed by atoms with Crippen molar-refractivity contribution in [2.75, 3.05) is 6.61 Å². The van der Waals surface area contributed by atoms with E-state index in [1.165, 1.54) is 0 Å². The molecular weight excluding hydrogens is 249 g/mol. The summed E-state index contributed by atoms with van der Waals surface area (Å²) in [5.41, 5.74) is 5.57. The van der Waals surface area contributed by atoms with Crippen LogP contribution < -0.4 is 11.2 Å². The van der Waals surface area contributed by atoms with Gasteiger partial charge in [-0.1, -0.05) is 0 Å². The van der Waals surface area contributed by atoms with Crippen LogP contribution in [0.1, 0.15) is 10.4 Å². The Kier molecular flexibility index (Phi) is 4.27. The average molecular weight is 257 g/mol. The van der Waals surface area contributed by atoms with Gasteiger partial charge in [0.25, 0.3) is 11.6 Å². The zero-order valence-corrected chi connectivity index (χ0v) is 8.88. The lowest BCUT2D eigenvalue weighted by Crippen LogP contribution is -2.29. The van der Waals surface area contributed by atoms with Crippen molar-refractivity contribution in [2.24, 2.45) is 5.73 Å². The number of halogens is 1. The number of primary amides is 1. The Morgan fingerprint density at radius 2 is 2.17 bits per heavy atom. The van der Waals surface area contributed by atoms with Crippen LogP contribution in [0, 0.1) is 15.9 Å². The maximum atomic E-state index is 13.3. The minimum atomic E-state index is -1.08. The monoisotopic (exact) mass is 257 g/mol. The molecule has 96 valence electrons. The first kappa shape index (κ1) is 13.5. The van der Waals surface area contributed by atoms with E-state index in [2.05, 4.69) is 4.84 Å². The fraction of sp³-hybridized carbons (Fsp3) is 0.111. The molecule has 0 aliphatic carbocycles. The number of benzene rings is 1. The zero-order valence-electron chi connectivity index (χ0n) is 8.88. The van der Waals surface area contributed by atoms with E-state index in [0.717, 1.165) is 12.1 Å². The lowest BCUT2D eigenvalue weighted by atomic mass is 10.2. The maximum absolute atomic E-state index is 13.3. The largest absolute Gasteiger partial charge is 0.368 e. The third-order valence-corrected chi connectivity index (χ3v) is 1.79. The second-order valence-corrected chi connectivity index (χ2v) is 3.11. The lowest BCUT2D eigenvalue weighted by Gasteiger charge is -2.04. The van der Waals surface area contributed by atoms with Crippen molar-refractivity contribution >= 4 is 17.5 Å². The van der Waals surface area contributed by atoms with Crippen molar-refractivity contribution in [3.63, 3.8) is 0 Å². The summed E-state index contributed by atoms with van der Waals surface area (Å²) in [6, 6.07) is 2.49. The molecule has 8 nitrogen and oxygen atoms in total. The smallest absolute Gasteiger partial charge is 0.277 e. The van der Waals surface area contributed by atoms with Gasteiger partial charge in [0.15, 0.2) is 6.61 Å². The molecule has 0 aliphatic rings. The minimum absolute atomic E-state index is 0.454.